The highest BCUT2D eigenvalue weighted by atomic mass is 32.1. The van der Waals surface area contributed by atoms with E-state index >= 15 is 0 Å². The molecule has 0 bridgehead atoms. The van der Waals surface area contributed by atoms with Crippen molar-refractivity contribution in [2.24, 2.45) is 0 Å². The number of hydrogen-bond acceptors (Lipinski definition) is 2. The predicted octanol–water partition coefficient (Wildman–Crippen LogP) is 4.37. The van der Waals surface area contributed by atoms with E-state index in [4.69, 9.17) is 0 Å². The third-order valence-electron chi connectivity index (χ3n) is 2.50. The molecule has 2 rings (SSSR count). The first-order valence-corrected chi connectivity index (χ1v) is 6.41. The number of fused-ring (bicyclic) bond motifs is 1. The summed E-state index contributed by atoms with van der Waals surface area (Å²) in [5.74, 6) is 0.539. The van der Waals surface area contributed by atoms with Crippen molar-refractivity contribution in [2.45, 2.75) is 39.5 Å². The van der Waals surface area contributed by atoms with Gasteiger partial charge in [-0.05, 0) is 24.1 Å². The van der Waals surface area contributed by atoms with Gasteiger partial charge in [-0.3, -0.25) is 0 Å². The molecule has 0 amide bonds. The minimum absolute atomic E-state index is 0.539. The van der Waals surface area contributed by atoms with Crippen molar-refractivity contribution < 1.29 is 0 Å². The molecule has 0 saturated heterocycles. The summed E-state index contributed by atoms with van der Waals surface area (Å²) in [4.78, 5) is 4.63. The summed E-state index contributed by atoms with van der Waals surface area (Å²) in [6.45, 7) is 6.62. The SMILES string of the molecule is CCCc1ccc2nc(C(C)C)sc2c1. The molecule has 0 unspecified atom stereocenters. The monoisotopic (exact) mass is 219 g/mol. The molecule has 1 nitrogen and oxygen atoms in total. The van der Waals surface area contributed by atoms with Crippen molar-refractivity contribution in [3.63, 3.8) is 0 Å². The fourth-order valence-corrected chi connectivity index (χ4v) is 2.71. The molecule has 15 heavy (non-hydrogen) atoms. The smallest absolute Gasteiger partial charge is 0.0963 e. The average molecular weight is 219 g/mol. The van der Waals surface area contributed by atoms with Gasteiger partial charge in [-0.15, -0.1) is 11.3 Å². The first-order chi connectivity index (χ1) is 7.20. The lowest BCUT2D eigenvalue weighted by Gasteiger charge is -1.96. The average Bonchev–Trinajstić information content (AvgIpc) is 2.61. The van der Waals surface area contributed by atoms with Crippen LogP contribution in [0.2, 0.25) is 0 Å². The van der Waals surface area contributed by atoms with Crippen LogP contribution in [0.1, 0.15) is 43.7 Å². The molecule has 0 radical (unpaired) electrons. The number of benzene rings is 1. The fraction of sp³-hybridized carbons (Fsp3) is 0.462. The van der Waals surface area contributed by atoms with Gasteiger partial charge in [-0.25, -0.2) is 4.98 Å². The lowest BCUT2D eigenvalue weighted by molar-refractivity contribution is 0.857. The first-order valence-electron chi connectivity index (χ1n) is 5.60. The topological polar surface area (TPSA) is 12.9 Å². The molecule has 0 aliphatic heterocycles. The van der Waals surface area contributed by atoms with Crippen molar-refractivity contribution in [1.82, 2.24) is 4.98 Å². The van der Waals surface area contributed by atoms with Crippen LogP contribution in [0.25, 0.3) is 10.2 Å². The summed E-state index contributed by atoms with van der Waals surface area (Å²) < 4.78 is 1.34. The molecule has 1 aromatic heterocycles. The van der Waals surface area contributed by atoms with Gasteiger partial charge < -0.3 is 0 Å². The Balaban J connectivity index is 2.43. The molecule has 2 aromatic rings. The molecule has 0 atom stereocenters. The highest BCUT2D eigenvalue weighted by molar-refractivity contribution is 7.18. The molecule has 0 spiro atoms. The van der Waals surface area contributed by atoms with Crippen LogP contribution in [0.4, 0.5) is 0 Å². The molecule has 0 fully saturated rings. The molecule has 1 heterocycles. The van der Waals surface area contributed by atoms with Crippen LogP contribution in [0.3, 0.4) is 0 Å². The van der Waals surface area contributed by atoms with Crippen LogP contribution in [0.5, 0.6) is 0 Å². The van der Waals surface area contributed by atoms with E-state index in [1.807, 2.05) is 11.3 Å². The van der Waals surface area contributed by atoms with Gasteiger partial charge in [0.2, 0.25) is 0 Å². The van der Waals surface area contributed by atoms with Crippen LogP contribution < -0.4 is 0 Å². The van der Waals surface area contributed by atoms with E-state index < -0.39 is 0 Å². The van der Waals surface area contributed by atoms with E-state index in [-0.39, 0.29) is 0 Å². The third-order valence-corrected chi connectivity index (χ3v) is 3.82. The first kappa shape index (κ1) is 10.6. The Bertz CT molecular complexity index is 457. The van der Waals surface area contributed by atoms with Crippen molar-refractivity contribution in [3.8, 4) is 0 Å². The zero-order valence-electron chi connectivity index (χ0n) is 9.58. The Labute approximate surface area is 95.2 Å². The number of aromatic nitrogens is 1. The zero-order valence-corrected chi connectivity index (χ0v) is 10.4. The minimum atomic E-state index is 0.539. The highest BCUT2D eigenvalue weighted by Crippen LogP contribution is 2.28. The van der Waals surface area contributed by atoms with Crippen LogP contribution in [0, 0.1) is 0 Å². The quantitative estimate of drug-likeness (QED) is 0.747. The predicted molar refractivity (Wildman–Crippen MR) is 67.7 cm³/mol. The van der Waals surface area contributed by atoms with E-state index in [9.17, 15) is 0 Å². The van der Waals surface area contributed by atoms with E-state index in [2.05, 4.69) is 44.0 Å². The Kier molecular flexibility index (Phi) is 3.06. The lowest BCUT2D eigenvalue weighted by atomic mass is 10.1. The Morgan fingerprint density at radius 1 is 1.33 bits per heavy atom. The number of thiazole rings is 1. The summed E-state index contributed by atoms with van der Waals surface area (Å²) in [5, 5.41) is 1.25. The largest absolute Gasteiger partial charge is 0.241 e. The Morgan fingerprint density at radius 3 is 2.80 bits per heavy atom. The standard InChI is InChI=1S/C13H17NS/c1-4-5-10-6-7-11-12(8-10)15-13(14-11)9(2)3/h6-9H,4-5H2,1-3H3. The maximum atomic E-state index is 4.63. The van der Waals surface area contributed by atoms with Crippen LogP contribution in [-0.2, 0) is 6.42 Å². The second-order valence-electron chi connectivity index (χ2n) is 4.26. The van der Waals surface area contributed by atoms with Crippen LogP contribution in [0.15, 0.2) is 18.2 Å². The number of hydrogen-bond donors (Lipinski definition) is 0. The Morgan fingerprint density at radius 2 is 2.13 bits per heavy atom. The molecule has 2 heteroatoms. The molecule has 0 aliphatic rings. The van der Waals surface area contributed by atoms with Gasteiger partial charge in [0.15, 0.2) is 0 Å². The van der Waals surface area contributed by atoms with Gasteiger partial charge in [0, 0.05) is 5.92 Å². The van der Waals surface area contributed by atoms with Crippen molar-refractivity contribution >= 4 is 21.6 Å². The highest BCUT2D eigenvalue weighted by Gasteiger charge is 2.07. The molecular weight excluding hydrogens is 202 g/mol. The van der Waals surface area contributed by atoms with Gasteiger partial charge in [0.1, 0.15) is 0 Å². The van der Waals surface area contributed by atoms with Gasteiger partial charge in [-0.1, -0.05) is 33.3 Å². The molecule has 1 aromatic carbocycles. The molecule has 0 aliphatic carbocycles. The number of nitrogens with zero attached hydrogens (tertiary/aromatic N) is 1. The molecule has 80 valence electrons. The second kappa shape index (κ2) is 4.31. The van der Waals surface area contributed by atoms with Crippen LogP contribution >= 0.6 is 11.3 Å². The summed E-state index contributed by atoms with van der Waals surface area (Å²) in [6, 6.07) is 6.65. The lowest BCUT2D eigenvalue weighted by Crippen LogP contribution is -1.83. The van der Waals surface area contributed by atoms with Crippen molar-refractivity contribution in [3.05, 3.63) is 28.8 Å². The van der Waals surface area contributed by atoms with Crippen molar-refractivity contribution in [2.75, 3.05) is 0 Å². The van der Waals surface area contributed by atoms with E-state index in [1.165, 1.54) is 28.1 Å². The summed E-state index contributed by atoms with van der Waals surface area (Å²) >= 11 is 1.83. The van der Waals surface area contributed by atoms with E-state index in [0.29, 0.717) is 5.92 Å². The van der Waals surface area contributed by atoms with Gasteiger partial charge in [-0.2, -0.15) is 0 Å². The fourth-order valence-electron chi connectivity index (χ4n) is 1.68. The van der Waals surface area contributed by atoms with E-state index in [0.717, 1.165) is 5.52 Å². The maximum Gasteiger partial charge on any atom is 0.0963 e. The normalized spacial score (nSPS) is 11.5. The second-order valence-corrected chi connectivity index (χ2v) is 5.32. The summed E-state index contributed by atoms with van der Waals surface area (Å²) in [5.41, 5.74) is 2.59. The Hall–Kier alpha value is -0.890. The van der Waals surface area contributed by atoms with Crippen LogP contribution in [-0.4, -0.2) is 4.98 Å². The molecular formula is C13H17NS. The van der Waals surface area contributed by atoms with E-state index in [1.54, 1.807) is 0 Å². The summed E-state index contributed by atoms with van der Waals surface area (Å²) in [7, 11) is 0. The van der Waals surface area contributed by atoms with Gasteiger partial charge in [0.05, 0.1) is 15.2 Å². The zero-order chi connectivity index (χ0) is 10.8. The third kappa shape index (κ3) is 2.20. The molecule has 0 saturated carbocycles. The van der Waals surface area contributed by atoms with Crippen molar-refractivity contribution in [1.29, 1.82) is 0 Å². The van der Waals surface area contributed by atoms with Gasteiger partial charge in [0.25, 0.3) is 0 Å². The number of rotatable bonds is 3. The van der Waals surface area contributed by atoms with Gasteiger partial charge >= 0.3 is 0 Å². The number of aryl methyl sites for hydroxylation is 1. The maximum absolute atomic E-state index is 4.63. The molecule has 0 N–H and O–H groups in total. The minimum Gasteiger partial charge on any atom is -0.241 e. The summed E-state index contributed by atoms with van der Waals surface area (Å²) in [6.07, 6.45) is 2.38.